The van der Waals surface area contributed by atoms with Crippen molar-refractivity contribution < 1.29 is 8.42 Å². The Kier molecular flexibility index (Phi) is 4.25. The summed E-state index contributed by atoms with van der Waals surface area (Å²) in [4.78, 5) is 10.5. The van der Waals surface area contributed by atoms with Crippen LogP contribution < -0.4 is 9.21 Å². The standard InChI is InChI=1S/C16H23N5O2S/c1-12-7-5-9-14-18-15(11-21(12)14)24(22,23)20(4)13-8-6-10-17-16(13)19(2)3/h6,8,10-12H,5,7,9H2,1-4H3. The Labute approximate surface area is 143 Å². The van der Waals surface area contributed by atoms with Gasteiger partial charge in [0, 0.05) is 46.0 Å². The van der Waals surface area contributed by atoms with Crippen molar-refractivity contribution in [3.63, 3.8) is 0 Å². The van der Waals surface area contributed by atoms with Gasteiger partial charge >= 0.3 is 0 Å². The summed E-state index contributed by atoms with van der Waals surface area (Å²) in [7, 11) is 1.49. The van der Waals surface area contributed by atoms with E-state index in [-0.39, 0.29) is 11.1 Å². The molecular formula is C16H23N5O2S. The molecule has 3 rings (SSSR count). The summed E-state index contributed by atoms with van der Waals surface area (Å²) in [5.41, 5.74) is 0.529. The number of pyridine rings is 1. The summed E-state index contributed by atoms with van der Waals surface area (Å²) in [5, 5.41) is 0.0994. The highest BCUT2D eigenvalue weighted by Crippen LogP contribution is 2.31. The number of imidazole rings is 1. The number of anilines is 2. The number of aromatic nitrogens is 3. The molecule has 0 saturated carbocycles. The Bertz CT molecular complexity index is 844. The highest BCUT2D eigenvalue weighted by Gasteiger charge is 2.29. The molecule has 8 heteroatoms. The SMILES string of the molecule is CC1CCCc2nc(S(=O)(=O)N(C)c3cccnc3N(C)C)cn21. The molecule has 2 aromatic rings. The number of nitrogens with zero attached hydrogens (tertiary/aromatic N) is 5. The second-order valence-electron chi connectivity index (χ2n) is 6.36. The molecule has 0 aliphatic carbocycles. The molecule has 0 amide bonds. The first kappa shape index (κ1) is 16.8. The molecule has 0 fully saturated rings. The van der Waals surface area contributed by atoms with Crippen LogP contribution in [0.4, 0.5) is 11.5 Å². The predicted octanol–water partition coefficient (Wildman–Crippen LogP) is 2.07. The predicted molar refractivity (Wildman–Crippen MR) is 94.0 cm³/mol. The topological polar surface area (TPSA) is 71.3 Å². The number of rotatable bonds is 4. The molecule has 2 aromatic heterocycles. The van der Waals surface area contributed by atoms with Crippen molar-refractivity contribution >= 4 is 21.5 Å². The van der Waals surface area contributed by atoms with Crippen LogP contribution in [-0.4, -0.2) is 44.1 Å². The van der Waals surface area contributed by atoms with Crippen molar-refractivity contribution in [3.8, 4) is 0 Å². The normalized spacial score (nSPS) is 17.4. The quantitative estimate of drug-likeness (QED) is 0.845. The maximum atomic E-state index is 13.0. The van der Waals surface area contributed by atoms with Crippen LogP contribution in [0.1, 0.15) is 31.6 Å². The molecule has 0 radical (unpaired) electrons. The minimum Gasteiger partial charge on any atom is -0.361 e. The zero-order chi connectivity index (χ0) is 17.5. The zero-order valence-corrected chi connectivity index (χ0v) is 15.3. The molecule has 7 nitrogen and oxygen atoms in total. The lowest BCUT2D eigenvalue weighted by Crippen LogP contribution is -2.29. The van der Waals surface area contributed by atoms with E-state index in [1.54, 1.807) is 36.5 Å². The van der Waals surface area contributed by atoms with E-state index in [2.05, 4.69) is 16.9 Å². The van der Waals surface area contributed by atoms with Crippen molar-refractivity contribution in [3.05, 3.63) is 30.4 Å². The van der Waals surface area contributed by atoms with Gasteiger partial charge in [0.15, 0.2) is 10.8 Å². The fourth-order valence-electron chi connectivity index (χ4n) is 3.04. The number of aryl methyl sites for hydroxylation is 1. The van der Waals surface area contributed by atoms with E-state index in [1.807, 2.05) is 18.7 Å². The number of hydrogen-bond donors (Lipinski definition) is 0. The molecule has 0 spiro atoms. The molecule has 0 aromatic carbocycles. The molecule has 24 heavy (non-hydrogen) atoms. The third-order valence-electron chi connectivity index (χ3n) is 4.44. The monoisotopic (exact) mass is 349 g/mol. The van der Waals surface area contributed by atoms with Gasteiger partial charge in [-0.1, -0.05) is 0 Å². The smallest absolute Gasteiger partial charge is 0.283 e. The largest absolute Gasteiger partial charge is 0.361 e. The Morgan fingerprint density at radius 1 is 1.29 bits per heavy atom. The van der Waals surface area contributed by atoms with Crippen molar-refractivity contribution in [2.45, 2.75) is 37.3 Å². The lowest BCUT2D eigenvalue weighted by atomic mass is 10.1. The summed E-state index contributed by atoms with van der Waals surface area (Å²) in [6, 6.07) is 3.76. The van der Waals surface area contributed by atoms with E-state index >= 15 is 0 Å². The van der Waals surface area contributed by atoms with Crippen molar-refractivity contribution in [1.29, 1.82) is 0 Å². The number of fused-ring (bicyclic) bond motifs is 1. The first-order valence-electron chi connectivity index (χ1n) is 8.01. The fraction of sp³-hybridized carbons (Fsp3) is 0.500. The van der Waals surface area contributed by atoms with Gasteiger partial charge in [-0.3, -0.25) is 4.31 Å². The first-order chi connectivity index (χ1) is 11.3. The van der Waals surface area contributed by atoms with Crippen LogP contribution in [0.25, 0.3) is 0 Å². The van der Waals surface area contributed by atoms with Crippen LogP contribution in [0, 0.1) is 0 Å². The van der Waals surface area contributed by atoms with E-state index in [9.17, 15) is 8.42 Å². The summed E-state index contributed by atoms with van der Waals surface area (Å²) < 4.78 is 29.3. The lowest BCUT2D eigenvalue weighted by Gasteiger charge is -2.23. The summed E-state index contributed by atoms with van der Waals surface area (Å²) in [6.07, 6.45) is 6.22. The average Bonchev–Trinajstić information content (AvgIpc) is 3.00. The Morgan fingerprint density at radius 3 is 2.71 bits per heavy atom. The lowest BCUT2D eigenvalue weighted by molar-refractivity contribution is 0.425. The van der Waals surface area contributed by atoms with E-state index < -0.39 is 10.0 Å². The van der Waals surface area contributed by atoms with Crippen molar-refractivity contribution in [1.82, 2.24) is 14.5 Å². The van der Waals surface area contributed by atoms with Gasteiger partial charge in [-0.2, -0.15) is 8.42 Å². The fourth-order valence-corrected chi connectivity index (χ4v) is 4.19. The van der Waals surface area contributed by atoms with Gasteiger partial charge in [-0.15, -0.1) is 0 Å². The summed E-state index contributed by atoms with van der Waals surface area (Å²) >= 11 is 0. The Morgan fingerprint density at radius 2 is 2.04 bits per heavy atom. The van der Waals surface area contributed by atoms with E-state index in [0.717, 1.165) is 25.1 Å². The van der Waals surface area contributed by atoms with Crippen molar-refractivity contribution in [2.24, 2.45) is 0 Å². The maximum absolute atomic E-state index is 13.0. The minimum atomic E-state index is -3.73. The molecule has 0 N–H and O–H groups in total. The summed E-state index contributed by atoms with van der Waals surface area (Å²) in [6.45, 7) is 2.09. The average molecular weight is 349 g/mol. The van der Waals surface area contributed by atoms with Gasteiger partial charge in [0.25, 0.3) is 10.0 Å². The van der Waals surface area contributed by atoms with E-state index in [4.69, 9.17) is 0 Å². The molecule has 0 saturated heterocycles. The van der Waals surface area contributed by atoms with E-state index in [0.29, 0.717) is 11.5 Å². The van der Waals surface area contributed by atoms with Gasteiger partial charge in [-0.25, -0.2) is 9.97 Å². The van der Waals surface area contributed by atoms with Crippen LogP contribution in [0.15, 0.2) is 29.6 Å². The number of hydrogen-bond acceptors (Lipinski definition) is 5. The highest BCUT2D eigenvalue weighted by atomic mass is 32.2. The van der Waals surface area contributed by atoms with Gasteiger partial charge < -0.3 is 9.47 Å². The molecular weight excluding hydrogens is 326 g/mol. The zero-order valence-electron chi connectivity index (χ0n) is 14.5. The van der Waals surface area contributed by atoms with Crippen LogP contribution in [0.5, 0.6) is 0 Å². The molecule has 1 aliphatic rings. The third kappa shape index (κ3) is 2.75. The van der Waals surface area contributed by atoms with Crippen molar-refractivity contribution in [2.75, 3.05) is 30.3 Å². The highest BCUT2D eigenvalue weighted by molar-refractivity contribution is 7.92. The molecule has 1 aliphatic heterocycles. The van der Waals surface area contributed by atoms with Gasteiger partial charge in [0.1, 0.15) is 5.82 Å². The maximum Gasteiger partial charge on any atom is 0.283 e. The number of sulfonamides is 1. The van der Waals surface area contributed by atoms with E-state index in [1.165, 1.54) is 4.31 Å². The Balaban J connectivity index is 2.02. The van der Waals surface area contributed by atoms with Crippen LogP contribution in [0.2, 0.25) is 0 Å². The summed E-state index contributed by atoms with van der Waals surface area (Å²) in [5.74, 6) is 1.45. The van der Waals surface area contributed by atoms with Crippen LogP contribution in [0.3, 0.4) is 0 Å². The van der Waals surface area contributed by atoms with Gasteiger partial charge in [0.2, 0.25) is 0 Å². The second-order valence-corrected chi connectivity index (χ2v) is 8.27. The second kappa shape index (κ2) is 6.08. The molecule has 130 valence electrons. The first-order valence-corrected chi connectivity index (χ1v) is 9.45. The molecule has 1 unspecified atom stereocenters. The Hall–Kier alpha value is -2.09. The minimum absolute atomic E-state index is 0.0994. The third-order valence-corrected chi connectivity index (χ3v) is 6.08. The van der Waals surface area contributed by atoms with Gasteiger partial charge in [0.05, 0.1) is 5.69 Å². The van der Waals surface area contributed by atoms with Crippen LogP contribution in [-0.2, 0) is 16.4 Å². The molecule has 1 atom stereocenters. The van der Waals surface area contributed by atoms with Crippen LogP contribution >= 0.6 is 0 Å². The molecule has 0 bridgehead atoms. The van der Waals surface area contributed by atoms with Gasteiger partial charge in [-0.05, 0) is 31.9 Å². The molecule has 3 heterocycles.